The molecule has 0 saturated carbocycles. The number of nitrogens with one attached hydrogen (secondary N) is 1. The number of rotatable bonds is 0. The number of amides is 1. The van der Waals surface area contributed by atoms with Gasteiger partial charge in [0.15, 0.2) is 5.78 Å². The van der Waals surface area contributed by atoms with Crippen molar-refractivity contribution >= 4 is 23.1 Å². The summed E-state index contributed by atoms with van der Waals surface area (Å²) in [4.78, 5) is 25.0. The summed E-state index contributed by atoms with van der Waals surface area (Å²) in [6, 6.07) is 5.47. The molecule has 0 atom stereocenters. The molecule has 2 heterocycles. The second kappa shape index (κ2) is 2.82. The number of nitrogens with zero attached hydrogens (tertiary/aromatic N) is 1. The average Bonchev–Trinajstić information content (AvgIpc) is 2.23. The van der Waals surface area contributed by atoms with E-state index in [4.69, 9.17) is 0 Å². The number of carbonyl (C=O) groups excluding carboxylic acids is 2. The highest BCUT2D eigenvalue weighted by Crippen LogP contribution is 2.36. The molecule has 3 rings (SSSR count). The van der Waals surface area contributed by atoms with Gasteiger partial charge >= 0.3 is 0 Å². The fraction of sp³-hybridized carbons (Fsp3) is 0.273. The lowest BCUT2D eigenvalue weighted by molar-refractivity contribution is -0.115. The van der Waals surface area contributed by atoms with Gasteiger partial charge in [0.05, 0.1) is 17.9 Å². The van der Waals surface area contributed by atoms with Crippen LogP contribution in [0.4, 0.5) is 11.4 Å². The molecule has 0 fully saturated rings. The Hall–Kier alpha value is -1.84. The lowest BCUT2D eigenvalue weighted by Gasteiger charge is -2.35. The first kappa shape index (κ1) is 8.47. The van der Waals surface area contributed by atoms with Crippen LogP contribution in [-0.2, 0) is 4.79 Å². The first-order chi connectivity index (χ1) is 7.25. The largest absolute Gasteiger partial charge is 0.359 e. The van der Waals surface area contributed by atoms with E-state index in [0.717, 1.165) is 16.9 Å². The Labute approximate surface area is 86.9 Å². The number of carbonyl (C=O) groups is 2. The first-order valence-electron chi connectivity index (χ1n) is 4.97. The Balaban J connectivity index is 2.23. The van der Waals surface area contributed by atoms with Crippen LogP contribution in [0, 0.1) is 0 Å². The summed E-state index contributed by atoms with van der Waals surface area (Å²) < 4.78 is 0. The molecule has 0 saturated heterocycles. The van der Waals surface area contributed by atoms with Crippen molar-refractivity contribution in [3.05, 3.63) is 23.8 Å². The van der Waals surface area contributed by atoms with E-state index in [9.17, 15) is 9.59 Å². The topological polar surface area (TPSA) is 49.4 Å². The van der Waals surface area contributed by atoms with Gasteiger partial charge in [0.2, 0.25) is 5.91 Å². The van der Waals surface area contributed by atoms with Crippen molar-refractivity contribution in [1.29, 1.82) is 0 Å². The third kappa shape index (κ3) is 1.14. The van der Waals surface area contributed by atoms with Crippen LogP contribution in [0.5, 0.6) is 0 Å². The van der Waals surface area contributed by atoms with Crippen LogP contribution in [0.3, 0.4) is 0 Å². The Morgan fingerprint density at radius 3 is 3.00 bits per heavy atom. The van der Waals surface area contributed by atoms with E-state index in [-0.39, 0.29) is 11.7 Å². The van der Waals surface area contributed by atoms with Gasteiger partial charge in [-0.1, -0.05) is 6.07 Å². The maximum absolute atomic E-state index is 11.7. The highest BCUT2D eigenvalue weighted by atomic mass is 16.2. The molecular formula is C11H10N2O2. The summed E-state index contributed by atoms with van der Waals surface area (Å²) in [5.41, 5.74) is 2.39. The van der Waals surface area contributed by atoms with Crippen molar-refractivity contribution in [2.75, 3.05) is 23.3 Å². The number of hydrogen-bond donors (Lipinski definition) is 1. The van der Waals surface area contributed by atoms with Crippen molar-refractivity contribution < 1.29 is 9.59 Å². The summed E-state index contributed by atoms with van der Waals surface area (Å²) in [6.45, 7) is 1.01. The third-order valence-corrected chi connectivity index (χ3v) is 2.87. The first-order valence-corrected chi connectivity index (χ1v) is 4.97. The Kier molecular flexibility index (Phi) is 1.59. The van der Waals surface area contributed by atoms with Crippen molar-refractivity contribution in [1.82, 2.24) is 0 Å². The standard InChI is InChI=1S/C11H10N2O2/c14-9-4-5-13-6-10(15)12-8-3-1-2-7(9)11(8)13/h1-3H,4-6H2,(H,12,15). The van der Waals surface area contributed by atoms with E-state index >= 15 is 0 Å². The van der Waals surface area contributed by atoms with Crippen LogP contribution < -0.4 is 10.2 Å². The van der Waals surface area contributed by atoms with Crippen molar-refractivity contribution in [2.24, 2.45) is 0 Å². The van der Waals surface area contributed by atoms with E-state index in [1.165, 1.54) is 0 Å². The fourth-order valence-corrected chi connectivity index (χ4v) is 2.21. The van der Waals surface area contributed by atoms with Crippen LogP contribution in [0.1, 0.15) is 16.8 Å². The molecule has 1 aromatic carbocycles. The maximum atomic E-state index is 11.7. The Bertz CT molecular complexity index is 468. The van der Waals surface area contributed by atoms with Crippen molar-refractivity contribution in [3.63, 3.8) is 0 Å². The van der Waals surface area contributed by atoms with E-state index in [1.54, 1.807) is 6.07 Å². The van der Waals surface area contributed by atoms with Gasteiger partial charge in [0.25, 0.3) is 0 Å². The zero-order valence-electron chi connectivity index (χ0n) is 8.12. The highest BCUT2D eigenvalue weighted by molar-refractivity contribution is 6.11. The number of para-hydroxylation sites is 1. The van der Waals surface area contributed by atoms with Gasteiger partial charge in [-0.15, -0.1) is 0 Å². The molecular weight excluding hydrogens is 192 g/mol. The minimum Gasteiger partial charge on any atom is -0.359 e. The molecule has 0 radical (unpaired) electrons. The van der Waals surface area contributed by atoms with Crippen LogP contribution in [-0.4, -0.2) is 24.8 Å². The molecule has 0 aromatic heterocycles. The van der Waals surface area contributed by atoms with Crippen LogP contribution >= 0.6 is 0 Å². The second-order valence-electron chi connectivity index (χ2n) is 3.84. The smallest absolute Gasteiger partial charge is 0.243 e. The summed E-state index contributed by atoms with van der Waals surface area (Å²) in [5, 5.41) is 2.79. The summed E-state index contributed by atoms with van der Waals surface area (Å²) in [5.74, 6) is 0.160. The van der Waals surface area contributed by atoms with E-state index < -0.39 is 0 Å². The minimum absolute atomic E-state index is 0.00556. The summed E-state index contributed by atoms with van der Waals surface area (Å²) >= 11 is 0. The third-order valence-electron chi connectivity index (χ3n) is 2.87. The van der Waals surface area contributed by atoms with Crippen LogP contribution in [0.15, 0.2) is 18.2 Å². The van der Waals surface area contributed by atoms with Gasteiger partial charge in [0, 0.05) is 18.5 Å². The van der Waals surface area contributed by atoms with Crippen molar-refractivity contribution in [3.8, 4) is 0 Å². The van der Waals surface area contributed by atoms with Gasteiger partial charge in [-0.3, -0.25) is 9.59 Å². The van der Waals surface area contributed by atoms with Gasteiger partial charge in [-0.05, 0) is 12.1 Å². The second-order valence-corrected chi connectivity index (χ2v) is 3.84. The zero-order valence-corrected chi connectivity index (χ0v) is 8.12. The molecule has 2 aliphatic heterocycles. The van der Waals surface area contributed by atoms with E-state index in [2.05, 4.69) is 5.32 Å². The molecule has 0 bridgehead atoms. The number of Topliss-reactive ketones (excluding diaryl/α,β-unsaturated/α-hetero) is 1. The lowest BCUT2D eigenvalue weighted by Crippen LogP contribution is -2.42. The van der Waals surface area contributed by atoms with E-state index in [1.807, 2.05) is 17.0 Å². The van der Waals surface area contributed by atoms with Gasteiger partial charge in [-0.2, -0.15) is 0 Å². The highest BCUT2D eigenvalue weighted by Gasteiger charge is 2.30. The Morgan fingerprint density at radius 2 is 2.13 bits per heavy atom. The van der Waals surface area contributed by atoms with Crippen LogP contribution in [0.2, 0.25) is 0 Å². The zero-order chi connectivity index (χ0) is 10.4. The van der Waals surface area contributed by atoms with Gasteiger partial charge in [0.1, 0.15) is 0 Å². The molecule has 4 nitrogen and oxygen atoms in total. The lowest BCUT2D eigenvalue weighted by atomic mass is 9.97. The molecule has 15 heavy (non-hydrogen) atoms. The molecule has 1 aromatic rings. The molecule has 1 N–H and O–H groups in total. The van der Waals surface area contributed by atoms with Crippen LogP contribution in [0.25, 0.3) is 0 Å². The number of benzene rings is 1. The molecule has 1 amide bonds. The average molecular weight is 202 g/mol. The molecule has 0 unspecified atom stereocenters. The summed E-state index contributed by atoms with van der Waals surface area (Å²) in [6.07, 6.45) is 0.504. The minimum atomic E-state index is -0.00556. The normalized spacial score (nSPS) is 18.5. The number of hydrogen-bond acceptors (Lipinski definition) is 3. The van der Waals surface area contributed by atoms with E-state index in [0.29, 0.717) is 19.5 Å². The monoisotopic (exact) mass is 202 g/mol. The molecule has 0 spiro atoms. The SMILES string of the molecule is O=C1CN2CCC(=O)c3cccc(c32)N1. The summed E-state index contributed by atoms with van der Waals surface area (Å²) in [7, 11) is 0. The predicted molar refractivity (Wildman–Crippen MR) is 56.2 cm³/mol. The fourth-order valence-electron chi connectivity index (χ4n) is 2.21. The molecule has 2 aliphatic rings. The quantitative estimate of drug-likeness (QED) is 0.683. The number of anilines is 2. The van der Waals surface area contributed by atoms with Gasteiger partial charge in [-0.25, -0.2) is 0 Å². The number of ketones is 1. The molecule has 4 heteroatoms. The molecule has 76 valence electrons. The van der Waals surface area contributed by atoms with Gasteiger partial charge < -0.3 is 10.2 Å². The molecule has 0 aliphatic carbocycles. The van der Waals surface area contributed by atoms with Crippen molar-refractivity contribution in [2.45, 2.75) is 6.42 Å². The Morgan fingerprint density at radius 1 is 1.27 bits per heavy atom. The maximum Gasteiger partial charge on any atom is 0.243 e. The predicted octanol–water partition coefficient (Wildman–Crippen LogP) is 1.03.